The Morgan fingerprint density at radius 1 is 0.955 bits per heavy atom. The molecule has 2 aromatic heterocycles. The standard InChI is InChI=1S/C18H16FN3/c1-18(2,3)17-21-14-10-11(19)8-9-12(14)16-20-13-6-4-5-7-15(13)22(16)17/h4-10H,1-3H3. The molecule has 0 saturated carbocycles. The zero-order valence-corrected chi connectivity index (χ0v) is 12.8. The van der Waals surface area contributed by atoms with E-state index in [1.807, 2.05) is 24.3 Å². The second kappa shape index (κ2) is 4.26. The van der Waals surface area contributed by atoms with Crippen molar-refractivity contribution in [2.75, 3.05) is 0 Å². The van der Waals surface area contributed by atoms with Crippen molar-refractivity contribution in [3.05, 3.63) is 54.1 Å². The monoisotopic (exact) mass is 293 g/mol. The molecule has 0 spiro atoms. The van der Waals surface area contributed by atoms with Gasteiger partial charge in [0.15, 0.2) is 0 Å². The largest absolute Gasteiger partial charge is 0.279 e. The molecule has 0 amide bonds. The minimum atomic E-state index is -0.277. The predicted molar refractivity (Wildman–Crippen MR) is 86.7 cm³/mol. The van der Waals surface area contributed by atoms with Crippen LogP contribution in [0.3, 0.4) is 0 Å². The van der Waals surface area contributed by atoms with E-state index in [0.29, 0.717) is 5.52 Å². The van der Waals surface area contributed by atoms with Crippen LogP contribution in [0, 0.1) is 5.82 Å². The van der Waals surface area contributed by atoms with E-state index >= 15 is 0 Å². The molecule has 2 aromatic carbocycles. The maximum atomic E-state index is 13.6. The number of hydrogen-bond donors (Lipinski definition) is 0. The minimum absolute atomic E-state index is 0.178. The van der Waals surface area contributed by atoms with Gasteiger partial charge >= 0.3 is 0 Å². The lowest BCUT2D eigenvalue weighted by Gasteiger charge is -2.20. The maximum absolute atomic E-state index is 13.6. The van der Waals surface area contributed by atoms with Crippen LogP contribution in [-0.4, -0.2) is 14.4 Å². The highest BCUT2D eigenvalue weighted by molar-refractivity contribution is 5.96. The highest BCUT2D eigenvalue weighted by Crippen LogP contribution is 2.30. The van der Waals surface area contributed by atoms with E-state index in [4.69, 9.17) is 9.97 Å². The summed E-state index contributed by atoms with van der Waals surface area (Å²) in [5.74, 6) is 0.606. The number of halogens is 1. The van der Waals surface area contributed by atoms with Gasteiger partial charge in [0.25, 0.3) is 0 Å². The predicted octanol–water partition coefficient (Wildman–Crippen LogP) is 4.47. The summed E-state index contributed by atoms with van der Waals surface area (Å²) in [6.45, 7) is 6.32. The van der Waals surface area contributed by atoms with Crippen LogP contribution >= 0.6 is 0 Å². The fraction of sp³-hybridized carbons (Fsp3) is 0.222. The van der Waals surface area contributed by atoms with Crippen molar-refractivity contribution >= 4 is 27.6 Å². The van der Waals surface area contributed by atoms with Crippen LogP contribution in [0.4, 0.5) is 4.39 Å². The lowest BCUT2D eigenvalue weighted by Crippen LogP contribution is -2.19. The number of nitrogens with zero attached hydrogens (tertiary/aromatic N) is 3. The zero-order valence-electron chi connectivity index (χ0n) is 12.8. The molecule has 0 atom stereocenters. The molecule has 3 nitrogen and oxygen atoms in total. The van der Waals surface area contributed by atoms with E-state index in [1.54, 1.807) is 6.07 Å². The quantitative estimate of drug-likeness (QED) is 0.479. The lowest BCUT2D eigenvalue weighted by atomic mass is 9.95. The molecule has 2 heterocycles. The summed E-state index contributed by atoms with van der Waals surface area (Å²) in [7, 11) is 0. The summed E-state index contributed by atoms with van der Waals surface area (Å²) in [5.41, 5.74) is 3.25. The van der Waals surface area contributed by atoms with Gasteiger partial charge in [0.05, 0.1) is 16.6 Å². The van der Waals surface area contributed by atoms with Crippen LogP contribution in [-0.2, 0) is 5.41 Å². The Bertz CT molecular complexity index is 1030. The molecule has 0 unspecified atom stereocenters. The smallest absolute Gasteiger partial charge is 0.148 e. The molecule has 0 radical (unpaired) electrons. The SMILES string of the molecule is CC(C)(C)c1nc2cc(F)ccc2c2nc3ccccc3n12. The van der Waals surface area contributed by atoms with E-state index in [-0.39, 0.29) is 11.2 Å². The van der Waals surface area contributed by atoms with Crippen molar-refractivity contribution in [2.24, 2.45) is 0 Å². The molecular formula is C18H16FN3. The van der Waals surface area contributed by atoms with Gasteiger partial charge in [0.1, 0.15) is 17.3 Å². The van der Waals surface area contributed by atoms with Crippen molar-refractivity contribution in [3.8, 4) is 0 Å². The highest BCUT2D eigenvalue weighted by atomic mass is 19.1. The number of benzene rings is 2. The Kier molecular flexibility index (Phi) is 2.55. The Morgan fingerprint density at radius 3 is 2.50 bits per heavy atom. The molecule has 0 aliphatic carbocycles. The fourth-order valence-electron chi connectivity index (χ4n) is 2.87. The average molecular weight is 293 g/mol. The van der Waals surface area contributed by atoms with Crippen LogP contribution < -0.4 is 0 Å². The molecule has 22 heavy (non-hydrogen) atoms. The van der Waals surface area contributed by atoms with Crippen molar-refractivity contribution in [1.29, 1.82) is 0 Å². The Balaban J connectivity index is 2.31. The number of hydrogen-bond acceptors (Lipinski definition) is 2. The van der Waals surface area contributed by atoms with Gasteiger partial charge < -0.3 is 0 Å². The van der Waals surface area contributed by atoms with E-state index < -0.39 is 0 Å². The maximum Gasteiger partial charge on any atom is 0.148 e. The third-order valence-electron chi connectivity index (χ3n) is 3.87. The molecule has 0 saturated heterocycles. The Morgan fingerprint density at radius 2 is 1.73 bits per heavy atom. The number of aromatic nitrogens is 3. The van der Waals surface area contributed by atoms with Gasteiger partial charge in [0, 0.05) is 16.9 Å². The van der Waals surface area contributed by atoms with Gasteiger partial charge in [-0.2, -0.15) is 0 Å². The highest BCUT2D eigenvalue weighted by Gasteiger charge is 2.23. The molecule has 0 aliphatic rings. The Hall–Kier alpha value is -2.49. The van der Waals surface area contributed by atoms with Gasteiger partial charge in [-0.3, -0.25) is 4.40 Å². The van der Waals surface area contributed by atoms with Crippen LogP contribution in [0.1, 0.15) is 26.6 Å². The summed E-state index contributed by atoms with van der Waals surface area (Å²) >= 11 is 0. The first-order valence-corrected chi connectivity index (χ1v) is 7.32. The van der Waals surface area contributed by atoms with Gasteiger partial charge in [-0.05, 0) is 24.3 Å². The molecular weight excluding hydrogens is 277 g/mol. The fourth-order valence-corrected chi connectivity index (χ4v) is 2.87. The van der Waals surface area contributed by atoms with Crippen molar-refractivity contribution in [3.63, 3.8) is 0 Å². The van der Waals surface area contributed by atoms with Gasteiger partial charge in [-0.1, -0.05) is 32.9 Å². The summed E-state index contributed by atoms with van der Waals surface area (Å²) < 4.78 is 15.7. The van der Waals surface area contributed by atoms with Crippen molar-refractivity contribution in [2.45, 2.75) is 26.2 Å². The number of para-hydroxylation sites is 2. The van der Waals surface area contributed by atoms with Crippen LogP contribution in [0.25, 0.3) is 27.6 Å². The van der Waals surface area contributed by atoms with Crippen LogP contribution in [0.15, 0.2) is 42.5 Å². The van der Waals surface area contributed by atoms with Gasteiger partial charge in [-0.25, -0.2) is 14.4 Å². The van der Waals surface area contributed by atoms with Crippen LogP contribution in [0.2, 0.25) is 0 Å². The second-order valence-corrected chi connectivity index (χ2v) is 6.61. The third-order valence-corrected chi connectivity index (χ3v) is 3.87. The minimum Gasteiger partial charge on any atom is -0.279 e. The van der Waals surface area contributed by atoms with Gasteiger partial charge in [-0.15, -0.1) is 0 Å². The summed E-state index contributed by atoms with van der Waals surface area (Å²) in [4.78, 5) is 9.49. The molecule has 110 valence electrons. The first-order valence-electron chi connectivity index (χ1n) is 7.32. The number of imidazole rings is 1. The Labute approximate surface area is 127 Å². The average Bonchev–Trinajstić information content (AvgIpc) is 2.84. The molecule has 0 fully saturated rings. The molecule has 0 bridgehead atoms. The van der Waals surface area contributed by atoms with Crippen molar-refractivity contribution < 1.29 is 4.39 Å². The molecule has 0 aliphatic heterocycles. The number of fused-ring (bicyclic) bond motifs is 5. The van der Waals surface area contributed by atoms with E-state index in [9.17, 15) is 4.39 Å². The van der Waals surface area contributed by atoms with E-state index in [0.717, 1.165) is 27.9 Å². The number of rotatable bonds is 0. The zero-order chi connectivity index (χ0) is 15.5. The summed E-state index contributed by atoms with van der Waals surface area (Å²) in [6, 6.07) is 12.7. The summed E-state index contributed by atoms with van der Waals surface area (Å²) in [6.07, 6.45) is 0. The first kappa shape index (κ1) is 13.2. The third kappa shape index (κ3) is 1.80. The summed E-state index contributed by atoms with van der Waals surface area (Å²) in [5, 5.41) is 0.866. The second-order valence-electron chi connectivity index (χ2n) is 6.61. The van der Waals surface area contributed by atoms with Crippen LogP contribution in [0.5, 0.6) is 0 Å². The normalized spacial score (nSPS) is 12.5. The van der Waals surface area contributed by atoms with Crippen molar-refractivity contribution in [1.82, 2.24) is 14.4 Å². The molecule has 4 rings (SSSR count). The molecule has 0 N–H and O–H groups in total. The van der Waals surface area contributed by atoms with E-state index in [2.05, 4.69) is 25.2 Å². The molecule has 4 heteroatoms. The molecule has 4 aromatic rings. The first-order chi connectivity index (χ1) is 10.4. The lowest BCUT2D eigenvalue weighted by molar-refractivity contribution is 0.542. The topological polar surface area (TPSA) is 30.2 Å². The van der Waals surface area contributed by atoms with E-state index in [1.165, 1.54) is 12.1 Å². The van der Waals surface area contributed by atoms with Gasteiger partial charge in [0.2, 0.25) is 0 Å².